The van der Waals surface area contributed by atoms with Gasteiger partial charge in [0, 0.05) is 24.9 Å². The van der Waals surface area contributed by atoms with E-state index in [9.17, 15) is 4.39 Å². The molecule has 1 aromatic rings. The Balaban J connectivity index is 2.55. The number of ether oxygens (including phenoxy) is 1. The minimum atomic E-state index is -0.340. The minimum Gasteiger partial charge on any atom is -0.491 e. The Morgan fingerprint density at radius 3 is 2.64 bits per heavy atom. The van der Waals surface area contributed by atoms with E-state index >= 15 is 0 Å². The van der Waals surface area contributed by atoms with Crippen molar-refractivity contribution in [2.75, 3.05) is 26.5 Å². The Labute approximate surface area is 136 Å². The molecule has 0 unspecified atom stereocenters. The average molecular weight is 327 g/mol. The molecule has 0 aromatic heterocycles. The van der Waals surface area contributed by atoms with Gasteiger partial charge in [-0.25, -0.2) is 4.39 Å². The Kier molecular flexibility index (Phi) is 7.51. The van der Waals surface area contributed by atoms with Crippen LogP contribution < -0.4 is 15.4 Å². The monoisotopic (exact) mass is 327 g/mol. The molecule has 0 aliphatic heterocycles. The van der Waals surface area contributed by atoms with Crippen molar-refractivity contribution in [2.24, 2.45) is 4.99 Å². The molecule has 1 aromatic carbocycles. The fraction of sp³-hybridized carbons (Fsp3) is 0.562. The molecule has 0 saturated heterocycles. The summed E-state index contributed by atoms with van der Waals surface area (Å²) in [4.78, 5) is 4.18. The predicted octanol–water partition coefficient (Wildman–Crippen LogP) is 3.03. The molecule has 124 valence electrons. The van der Waals surface area contributed by atoms with E-state index in [0.29, 0.717) is 19.1 Å². The van der Waals surface area contributed by atoms with Gasteiger partial charge in [0.05, 0.1) is 6.61 Å². The molecule has 1 rings (SSSR count). The van der Waals surface area contributed by atoms with Crippen molar-refractivity contribution < 1.29 is 9.13 Å². The average Bonchev–Trinajstić information content (AvgIpc) is 2.50. The maximum atomic E-state index is 13.8. The summed E-state index contributed by atoms with van der Waals surface area (Å²) in [6.07, 6.45) is 2.08. The number of thioether (sulfide) groups is 1. The van der Waals surface area contributed by atoms with Crippen molar-refractivity contribution in [1.29, 1.82) is 0 Å². The highest BCUT2D eigenvalue weighted by atomic mass is 32.2. The molecule has 0 aliphatic rings. The quantitative estimate of drug-likeness (QED) is 0.597. The molecule has 0 radical (unpaired) electrons. The zero-order valence-electron chi connectivity index (χ0n) is 14.0. The Hall–Kier alpha value is -1.43. The second kappa shape index (κ2) is 8.88. The zero-order valence-corrected chi connectivity index (χ0v) is 14.8. The summed E-state index contributed by atoms with van der Waals surface area (Å²) in [5, 5.41) is 6.46. The van der Waals surface area contributed by atoms with E-state index in [4.69, 9.17) is 4.74 Å². The van der Waals surface area contributed by atoms with Gasteiger partial charge >= 0.3 is 0 Å². The molecule has 0 saturated carbocycles. The number of benzene rings is 1. The third kappa shape index (κ3) is 6.13. The molecule has 0 bridgehead atoms. The lowest BCUT2D eigenvalue weighted by molar-refractivity contribution is 0.321. The van der Waals surface area contributed by atoms with Gasteiger partial charge in [0.25, 0.3) is 0 Å². The van der Waals surface area contributed by atoms with E-state index in [1.807, 2.05) is 13.0 Å². The highest BCUT2D eigenvalue weighted by Gasteiger charge is 2.16. The Morgan fingerprint density at radius 1 is 1.36 bits per heavy atom. The van der Waals surface area contributed by atoms with Crippen molar-refractivity contribution in [2.45, 2.75) is 32.1 Å². The third-order valence-corrected chi connectivity index (χ3v) is 4.46. The second-order valence-electron chi connectivity index (χ2n) is 5.44. The summed E-state index contributed by atoms with van der Waals surface area (Å²) >= 11 is 1.79. The Morgan fingerprint density at radius 2 is 2.09 bits per heavy atom. The highest BCUT2D eigenvalue weighted by Crippen LogP contribution is 2.19. The fourth-order valence-corrected chi connectivity index (χ4v) is 1.92. The van der Waals surface area contributed by atoms with Crippen LogP contribution in [0.3, 0.4) is 0 Å². The number of nitrogens with one attached hydrogen (secondary N) is 2. The number of hydrogen-bond acceptors (Lipinski definition) is 3. The van der Waals surface area contributed by atoms with E-state index in [-0.39, 0.29) is 16.3 Å². The number of hydrogen-bond donors (Lipinski definition) is 2. The summed E-state index contributed by atoms with van der Waals surface area (Å²) in [5.74, 6) is 0.652. The van der Waals surface area contributed by atoms with E-state index in [0.717, 1.165) is 12.1 Å². The van der Waals surface area contributed by atoms with Crippen molar-refractivity contribution in [3.8, 4) is 5.75 Å². The summed E-state index contributed by atoms with van der Waals surface area (Å²) in [5.41, 5.74) is 0.841. The second-order valence-corrected chi connectivity index (χ2v) is 6.95. The Bertz CT molecular complexity index is 506. The van der Waals surface area contributed by atoms with Gasteiger partial charge in [-0.2, -0.15) is 11.8 Å². The number of aliphatic imine (C=N–C) groups is 1. The van der Waals surface area contributed by atoms with Gasteiger partial charge in [0.1, 0.15) is 0 Å². The van der Waals surface area contributed by atoms with Crippen molar-refractivity contribution in [1.82, 2.24) is 10.6 Å². The van der Waals surface area contributed by atoms with Crippen molar-refractivity contribution >= 4 is 17.7 Å². The summed E-state index contributed by atoms with van der Waals surface area (Å²) < 4.78 is 19.1. The highest BCUT2D eigenvalue weighted by molar-refractivity contribution is 7.99. The van der Waals surface area contributed by atoms with Crippen LogP contribution in [0.2, 0.25) is 0 Å². The molecular weight excluding hydrogens is 301 g/mol. The van der Waals surface area contributed by atoms with Crippen LogP contribution in [-0.2, 0) is 6.54 Å². The molecule has 4 nitrogen and oxygen atoms in total. The first-order valence-corrected chi connectivity index (χ1v) is 8.55. The lowest BCUT2D eigenvalue weighted by Gasteiger charge is -2.23. The lowest BCUT2D eigenvalue weighted by Crippen LogP contribution is -2.43. The maximum Gasteiger partial charge on any atom is 0.191 e. The molecule has 0 atom stereocenters. The molecule has 0 fully saturated rings. The fourth-order valence-electron chi connectivity index (χ4n) is 1.70. The molecule has 2 N–H and O–H groups in total. The van der Waals surface area contributed by atoms with Gasteiger partial charge < -0.3 is 15.4 Å². The normalized spacial score (nSPS) is 12.2. The van der Waals surface area contributed by atoms with E-state index in [2.05, 4.69) is 35.7 Å². The van der Waals surface area contributed by atoms with Crippen LogP contribution in [0.25, 0.3) is 0 Å². The van der Waals surface area contributed by atoms with Crippen LogP contribution in [0, 0.1) is 5.82 Å². The molecule has 0 spiro atoms. The third-order valence-electron chi connectivity index (χ3n) is 3.21. The standard InChI is InChI=1S/C16H26FN3OS/c1-6-21-14-8-7-12(9-13(14)17)10-19-15(18-4)20-11-16(2,3)22-5/h7-9H,6,10-11H2,1-5H3,(H2,18,19,20). The van der Waals surface area contributed by atoms with Crippen LogP contribution in [0.1, 0.15) is 26.3 Å². The van der Waals surface area contributed by atoms with E-state index < -0.39 is 0 Å². The molecule has 0 amide bonds. The smallest absolute Gasteiger partial charge is 0.191 e. The van der Waals surface area contributed by atoms with Gasteiger partial charge in [0.15, 0.2) is 17.5 Å². The van der Waals surface area contributed by atoms with Crippen LogP contribution in [0.4, 0.5) is 4.39 Å². The first-order valence-electron chi connectivity index (χ1n) is 7.32. The first-order chi connectivity index (χ1) is 10.4. The van der Waals surface area contributed by atoms with Gasteiger partial charge in [-0.15, -0.1) is 0 Å². The van der Waals surface area contributed by atoms with Crippen LogP contribution >= 0.6 is 11.8 Å². The van der Waals surface area contributed by atoms with Crippen LogP contribution in [0.15, 0.2) is 23.2 Å². The summed E-state index contributed by atoms with van der Waals surface area (Å²) in [7, 11) is 1.72. The lowest BCUT2D eigenvalue weighted by atomic mass is 10.2. The number of nitrogens with zero attached hydrogens (tertiary/aromatic N) is 1. The van der Waals surface area contributed by atoms with E-state index in [1.165, 1.54) is 6.07 Å². The molecule has 0 heterocycles. The molecule has 22 heavy (non-hydrogen) atoms. The summed E-state index contributed by atoms with van der Waals surface area (Å²) in [6.45, 7) is 7.92. The number of guanidine groups is 1. The van der Waals surface area contributed by atoms with Crippen LogP contribution in [0.5, 0.6) is 5.75 Å². The topological polar surface area (TPSA) is 45.6 Å². The molecular formula is C16H26FN3OS. The molecule has 0 aliphatic carbocycles. The maximum absolute atomic E-state index is 13.8. The van der Waals surface area contributed by atoms with Gasteiger partial charge in [-0.3, -0.25) is 4.99 Å². The first kappa shape index (κ1) is 18.6. The largest absolute Gasteiger partial charge is 0.491 e. The van der Waals surface area contributed by atoms with Gasteiger partial charge in [0.2, 0.25) is 0 Å². The van der Waals surface area contributed by atoms with Crippen LogP contribution in [-0.4, -0.2) is 37.2 Å². The van der Waals surface area contributed by atoms with Crippen molar-refractivity contribution in [3.05, 3.63) is 29.6 Å². The zero-order chi connectivity index (χ0) is 16.6. The van der Waals surface area contributed by atoms with E-state index in [1.54, 1.807) is 24.9 Å². The van der Waals surface area contributed by atoms with Gasteiger partial charge in [-0.1, -0.05) is 6.07 Å². The predicted molar refractivity (Wildman–Crippen MR) is 93.4 cm³/mol. The number of halogens is 1. The minimum absolute atomic E-state index is 0.128. The SMILES string of the molecule is CCOc1ccc(CNC(=NC)NCC(C)(C)SC)cc1F. The number of rotatable bonds is 7. The molecule has 6 heteroatoms. The van der Waals surface area contributed by atoms with Gasteiger partial charge in [-0.05, 0) is 44.7 Å². The van der Waals surface area contributed by atoms with Crippen molar-refractivity contribution in [3.63, 3.8) is 0 Å². The summed E-state index contributed by atoms with van der Waals surface area (Å²) in [6, 6.07) is 4.99.